The standard InChI is InChI=1S/C22H25N7O4/c1-13-9-18(27-33-13)22(2,31)14-3-4-16-17(10-14)29(19-5-6-24-20(23)26-19)21(25-16)32-15-11-28(12-15)7-8-30/h3-6,9-10,15,30-31H,7-8,11-12H2,1-2H3,(H2,23,24,26). The van der Waals surface area contributed by atoms with E-state index in [1.807, 2.05) is 12.1 Å². The molecule has 1 unspecified atom stereocenters. The number of nitrogens with two attached hydrogens (primary N) is 1. The molecule has 4 aromatic rings. The van der Waals surface area contributed by atoms with Crippen LogP contribution in [-0.4, -0.2) is 72.1 Å². The van der Waals surface area contributed by atoms with Crippen LogP contribution in [0.2, 0.25) is 0 Å². The zero-order valence-corrected chi connectivity index (χ0v) is 18.3. The molecule has 172 valence electrons. The number of hydrogen-bond acceptors (Lipinski definition) is 10. The van der Waals surface area contributed by atoms with Crippen molar-refractivity contribution in [2.24, 2.45) is 0 Å². The first-order chi connectivity index (χ1) is 15.8. The number of β-amino-alcohol motifs (C(OH)–C–C–N with tert-alkyl or cyclic N) is 1. The van der Waals surface area contributed by atoms with Crippen molar-refractivity contribution >= 4 is 17.0 Å². The molecular formula is C22H25N7O4. The maximum absolute atomic E-state index is 11.3. The second-order valence-corrected chi connectivity index (χ2v) is 8.32. The van der Waals surface area contributed by atoms with Crippen LogP contribution in [0.5, 0.6) is 6.01 Å². The lowest BCUT2D eigenvalue weighted by Gasteiger charge is -2.38. The molecule has 0 saturated carbocycles. The van der Waals surface area contributed by atoms with E-state index in [-0.39, 0.29) is 18.7 Å². The van der Waals surface area contributed by atoms with E-state index >= 15 is 0 Å². The van der Waals surface area contributed by atoms with E-state index < -0.39 is 5.60 Å². The van der Waals surface area contributed by atoms with Gasteiger partial charge in [0.2, 0.25) is 5.95 Å². The molecule has 0 spiro atoms. The summed E-state index contributed by atoms with van der Waals surface area (Å²) in [6, 6.07) is 9.24. The van der Waals surface area contributed by atoms with Crippen molar-refractivity contribution in [2.75, 3.05) is 32.0 Å². The Morgan fingerprint density at radius 1 is 1.24 bits per heavy atom. The quantitative estimate of drug-likeness (QED) is 0.371. The molecule has 33 heavy (non-hydrogen) atoms. The van der Waals surface area contributed by atoms with Crippen LogP contribution in [0.3, 0.4) is 0 Å². The first-order valence-corrected chi connectivity index (χ1v) is 10.6. The maximum atomic E-state index is 11.3. The van der Waals surface area contributed by atoms with Crippen LogP contribution in [0.25, 0.3) is 16.9 Å². The molecule has 11 heteroatoms. The minimum Gasteiger partial charge on any atom is -0.458 e. The first-order valence-electron chi connectivity index (χ1n) is 10.6. The van der Waals surface area contributed by atoms with Gasteiger partial charge in [-0.3, -0.25) is 4.90 Å². The lowest BCUT2D eigenvalue weighted by Crippen LogP contribution is -2.54. The SMILES string of the molecule is Cc1cc(C(C)(O)c2ccc3nc(OC4CN(CCO)C4)n(-c4ccnc(N)n4)c3c2)no1. The number of nitrogen functional groups attached to an aromatic ring is 1. The summed E-state index contributed by atoms with van der Waals surface area (Å²) in [6.45, 7) is 5.55. The van der Waals surface area contributed by atoms with Gasteiger partial charge in [-0.2, -0.15) is 9.97 Å². The number of aromatic nitrogens is 5. The van der Waals surface area contributed by atoms with Crippen LogP contribution in [-0.2, 0) is 5.60 Å². The smallest absolute Gasteiger partial charge is 0.303 e. The summed E-state index contributed by atoms with van der Waals surface area (Å²) < 4.78 is 13.1. The minimum absolute atomic E-state index is 0.0630. The normalized spacial score (nSPS) is 16.6. The highest BCUT2D eigenvalue weighted by atomic mass is 16.5. The lowest BCUT2D eigenvalue weighted by atomic mass is 9.92. The number of ether oxygens (including phenoxy) is 1. The summed E-state index contributed by atoms with van der Waals surface area (Å²) in [7, 11) is 0. The van der Waals surface area contributed by atoms with Gasteiger partial charge in [-0.25, -0.2) is 9.55 Å². The fraction of sp³-hybridized carbons (Fsp3) is 0.364. The average molecular weight is 451 g/mol. The monoisotopic (exact) mass is 451 g/mol. The second kappa shape index (κ2) is 8.10. The highest BCUT2D eigenvalue weighted by Gasteiger charge is 2.32. The summed E-state index contributed by atoms with van der Waals surface area (Å²) in [4.78, 5) is 15.1. The summed E-state index contributed by atoms with van der Waals surface area (Å²) >= 11 is 0. The molecule has 0 bridgehead atoms. The number of hydrogen-bond donors (Lipinski definition) is 3. The van der Waals surface area contributed by atoms with Crippen molar-refractivity contribution in [3.63, 3.8) is 0 Å². The largest absolute Gasteiger partial charge is 0.458 e. The number of aliphatic hydroxyl groups excluding tert-OH is 1. The highest BCUT2D eigenvalue weighted by Crippen LogP contribution is 2.34. The van der Waals surface area contributed by atoms with E-state index in [2.05, 4.69) is 25.0 Å². The number of nitrogens with zero attached hydrogens (tertiary/aromatic N) is 6. The Morgan fingerprint density at radius 3 is 2.76 bits per heavy atom. The molecule has 11 nitrogen and oxygen atoms in total. The number of likely N-dealkylation sites (tertiary alicyclic amines) is 1. The van der Waals surface area contributed by atoms with Crippen LogP contribution in [0.1, 0.15) is 23.9 Å². The van der Waals surface area contributed by atoms with Gasteiger partial charge >= 0.3 is 6.01 Å². The molecule has 5 rings (SSSR count). The van der Waals surface area contributed by atoms with Gasteiger partial charge in [-0.1, -0.05) is 11.2 Å². The van der Waals surface area contributed by atoms with Crippen molar-refractivity contribution in [1.82, 2.24) is 29.6 Å². The van der Waals surface area contributed by atoms with Gasteiger partial charge in [0, 0.05) is 38.0 Å². The number of imidazole rings is 1. The van der Waals surface area contributed by atoms with Gasteiger partial charge in [-0.05, 0) is 31.5 Å². The van der Waals surface area contributed by atoms with Crippen LogP contribution in [0.15, 0.2) is 41.1 Å². The van der Waals surface area contributed by atoms with E-state index in [1.54, 1.807) is 42.8 Å². The Labute approximate surface area is 189 Å². The molecule has 1 saturated heterocycles. The van der Waals surface area contributed by atoms with Crippen LogP contribution in [0.4, 0.5) is 5.95 Å². The third-order valence-corrected chi connectivity index (χ3v) is 5.81. The van der Waals surface area contributed by atoms with Crippen molar-refractivity contribution < 1.29 is 19.5 Å². The fourth-order valence-corrected chi connectivity index (χ4v) is 3.96. The van der Waals surface area contributed by atoms with E-state index in [9.17, 15) is 5.11 Å². The molecule has 1 fully saturated rings. The first kappa shape index (κ1) is 21.3. The minimum atomic E-state index is -1.38. The molecule has 1 aliphatic rings. The van der Waals surface area contributed by atoms with Crippen LogP contribution in [0, 0.1) is 6.92 Å². The number of benzene rings is 1. The number of rotatable bonds is 7. The zero-order chi connectivity index (χ0) is 23.2. The van der Waals surface area contributed by atoms with E-state index in [0.29, 0.717) is 59.5 Å². The summed E-state index contributed by atoms with van der Waals surface area (Å²) in [6.07, 6.45) is 1.50. The van der Waals surface area contributed by atoms with Gasteiger partial charge < -0.3 is 25.2 Å². The van der Waals surface area contributed by atoms with Gasteiger partial charge in [0.05, 0.1) is 17.6 Å². The molecule has 1 atom stereocenters. The van der Waals surface area contributed by atoms with E-state index in [0.717, 1.165) is 0 Å². The summed E-state index contributed by atoms with van der Waals surface area (Å²) in [5.74, 6) is 1.24. The predicted octanol–water partition coefficient (Wildman–Crippen LogP) is 1.01. The molecule has 0 radical (unpaired) electrons. The predicted molar refractivity (Wildman–Crippen MR) is 119 cm³/mol. The average Bonchev–Trinajstić information content (AvgIpc) is 3.35. The Balaban J connectivity index is 1.58. The van der Waals surface area contributed by atoms with Crippen molar-refractivity contribution in [3.8, 4) is 11.8 Å². The third-order valence-electron chi connectivity index (χ3n) is 5.81. The molecular weight excluding hydrogens is 426 g/mol. The number of aliphatic hydroxyl groups is 2. The van der Waals surface area contributed by atoms with Gasteiger partial charge in [0.1, 0.15) is 29.0 Å². The molecule has 0 amide bonds. The lowest BCUT2D eigenvalue weighted by molar-refractivity contribution is 0.00483. The molecule has 4 heterocycles. The molecule has 1 aromatic carbocycles. The van der Waals surface area contributed by atoms with Crippen molar-refractivity contribution in [2.45, 2.75) is 25.6 Å². The summed E-state index contributed by atoms with van der Waals surface area (Å²) in [5.41, 5.74) is 6.83. The number of fused-ring (bicyclic) bond motifs is 1. The van der Waals surface area contributed by atoms with Gasteiger partial charge in [0.15, 0.2) is 0 Å². The van der Waals surface area contributed by atoms with Crippen LogP contribution >= 0.6 is 0 Å². The number of anilines is 1. The van der Waals surface area contributed by atoms with Crippen LogP contribution < -0.4 is 10.5 Å². The Bertz CT molecular complexity index is 1290. The van der Waals surface area contributed by atoms with E-state index in [4.69, 9.17) is 20.1 Å². The van der Waals surface area contributed by atoms with Gasteiger partial charge in [-0.15, -0.1) is 0 Å². The van der Waals surface area contributed by atoms with E-state index in [1.165, 1.54) is 0 Å². The zero-order valence-electron chi connectivity index (χ0n) is 18.3. The summed E-state index contributed by atoms with van der Waals surface area (Å²) in [5, 5.41) is 24.4. The third kappa shape index (κ3) is 3.90. The molecule has 1 aliphatic heterocycles. The van der Waals surface area contributed by atoms with Gasteiger partial charge in [0.25, 0.3) is 0 Å². The molecule has 3 aromatic heterocycles. The van der Waals surface area contributed by atoms with Crippen molar-refractivity contribution in [1.29, 1.82) is 0 Å². The second-order valence-electron chi connectivity index (χ2n) is 8.32. The topological polar surface area (TPSA) is 149 Å². The Kier molecular flexibility index (Phi) is 5.23. The molecule has 4 N–H and O–H groups in total. The Morgan fingerprint density at radius 2 is 2.06 bits per heavy atom. The number of aryl methyl sites for hydroxylation is 1. The van der Waals surface area contributed by atoms with Crippen molar-refractivity contribution in [3.05, 3.63) is 53.5 Å². The fourth-order valence-electron chi connectivity index (χ4n) is 3.96. The maximum Gasteiger partial charge on any atom is 0.303 e. The molecule has 0 aliphatic carbocycles. The highest BCUT2D eigenvalue weighted by molar-refractivity contribution is 5.80. The Hall–Kier alpha value is -3.54.